The Morgan fingerprint density at radius 1 is 1.03 bits per heavy atom. The van der Waals surface area contributed by atoms with E-state index in [0.717, 1.165) is 21.3 Å². The Kier molecular flexibility index (Phi) is 6.32. The SMILES string of the molecule is COc1ccc(Cn2c(=O)c(NOc3cccc(OC(F)(F)F)c3)c(N)n(C)c2=O)cc1. The molecular weight excluding hydrogens is 433 g/mol. The Morgan fingerprint density at radius 2 is 1.69 bits per heavy atom. The van der Waals surface area contributed by atoms with E-state index in [1.54, 1.807) is 24.3 Å². The molecule has 3 N–H and O–H groups in total. The number of nitrogens with one attached hydrogen (secondary N) is 1. The molecule has 0 aliphatic rings. The number of nitrogen functional groups attached to an aromatic ring is 1. The largest absolute Gasteiger partial charge is 0.573 e. The minimum absolute atomic E-state index is 0.0562. The van der Waals surface area contributed by atoms with Gasteiger partial charge in [0.1, 0.15) is 17.3 Å². The van der Waals surface area contributed by atoms with E-state index in [1.807, 2.05) is 0 Å². The molecule has 0 aliphatic heterocycles. The van der Waals surface area contributed by atoms with Gasteiger partial charge in [0.25, 0.3) is 5.56 Å². The van der Waals surface area contributed by atoms with Crippen molar-refractivity contribution in [2.75, 3.05) is 18.3 Å². The molecule has 3 rings (SSSR count). The van der Waals surface area contributed by atoms with E-state index >= 15 is 0 Å². The number of nitrogens with two attached hydrogens (primary N) is 1. The van der Waals surface area contributed by atoms with Gasteiger partial charge in [-0.05, 0) is 29.8 Å². The van der Waals surface area contributed by atoms with Crippen molar-refractivity contribution >= 4 is 11.5 Å². The topological polar surface area (TPSA) is 110 Å². The summed E-state index contributed by atoms with van der Waals surface area (Å²) >= 11 is 0. The predicted molar refractivity (Wildman–Crippen MR) is 110 cm³/mol. The molecule has 0 radical (unpaired) electrons. The molecule has 0 atom stereocenters. The van der Waals surface area contributed by atoms with Crippen LogP contribution in [-0.4, -0.2) is 22.6 Å². The number of benzene rings is 2. The molecule has 32 heavy (non-hydrogen) atoms. The second-order valence-corrected chi connectivity index (χ2v) is 6.57. The van der Waals surface area contributed by atoms with Gasteiger partial charge >= 0.3 is 12.1 Å². The lowest BCUT2D eigenvalue weighted by atomic mass is 10.2. The van der Waals surface area contributed by atoms with Crippen LogP contribution in [0, 0.1) is 0 Å². The number of hydrogen-bond acceptors (Lipinski definition) is 7. The molecule has 3 aromatic rings. The molecule has 170 valence electrons. The number of hydrogen-bond donors (Lipinski definition) is 2. The summed E-state index contributed by atoms with van der Waals surface area (Å²) in [7, 11) is 2.88. The molecule has 0 saturated heterocycles. The molecule has 0 unspecified atom stereocenters. The highest BCUT2D eigenvalue weighted by atomic mass is 19.4. The minimum Gasteiger partial charge on any atom is -0.497 e. The summed E-state index contributed by atoms with van der Waals surface area (Å²) in [6.45, 7) is -0.0562. The van der Waals surface area contributed by atoms with Crippen molar-refractivity contribution in [2.45, 2.75) is 12.9 Å². The van der Waals surface area contributed by atoms with E-state index in [4.69, 9.17) is 15.3 Å². The fraction of sp³-hybridized carbons (Fsp3) is 0.200. The van der Waals surface area contributed by atoms with Crippen LogP contribution >= 0.6 is 0 Å². The molecule has 0 aliphatic carbocycles. The zero-order chi connectivity index (χ0) is 23.5. The molecule has 9 nitrogen and oxygen atoms in total. The van der Waals surface area contributed by atoms with Crippen LogP contribution in [-0.2, 0) is 13.6 Å². The van der Waals surface area contributed by atoms with Crippen molar-refractivity contribution in [3.63, 3.8) is 0 Å². The number of methoxy groups -OCH3 is 1. The molecule has 1 aromatic heterocycles. The summed E-state index contributed by atoms with van der Waals surface area (Å²) < 4.78 is 48.1. The molecule has 1 heterocycles. The quantitative estimate of drug-likeness (QED) is 0.530. The summed E-state index contributed by atoms with van der Waals surface area (Å²) in [6, 6.07) is 11.4. The van der Waals surface area contributed by atoms with Crippen LogP contribution in [0.15, 0.2) is 58.1 Å². The van der Waals surface area contributed by atoms with E-state index in [0.29, 0.717) is 11.3 Å². The zero-order valence-corrected chi connectivity index (χ0v) is 17.0. The van der Waals surface area contributed by atoms with Crippen LogP contribution in [0.3, 0.4) is 0 Å². The second kappa shape index (κ2) is 8.96. The van der Waals surface area contributed by atoms with Crippen LogP contribution in [0.2, 0.25) is 0 Å². The third-order valence-corrected chi connectivity index (χ3v) is 4.40. The maximum Gasteiger partial charge on any atom is 0.573 e. The van der Waals surface area contributed by atoms with Crippen LogP contribution in [0.1, 0.15) is 5.56 Å². The van der Waals surface area contributed by atoms with Crippen molar-refractivity contribution in [2.24, 2.45) is 7.05 Å². The Morgan fingerprint density at radius 3 is 2.31 bits per heavy atom. The molecule has 2 aromatic carbocycles. The van der Waals surface area contributed by atoms with E-state index in [9.17, 15) is 22.8 Å². The highest BCUT2D eigenvalue weighted by Crippen LogP contribution is 2.26. The maximum atomic E-state index is 12.9. The van der Waals surface area contributed by atoms with Crippen molar-refractivity contribution in [3.8, 4) is 17.2 Å². The third-order valence-electron chi connectivity index (χ3n) is 4.40. The van der Waals surface area contributed by atoms with Gasteiger partial charge in [0, 0.05) is 13.1 Å². The van der Waals surface area contributed by atoms with Gasteiger partial charge in [-0.1, -0.05) is 18.2 Å². The molecule has 0 saturated carbocycles. The van der Waals surface area contributed by atoms with Crippen molar-refractivity contribution in [1.29, 1.82) is 0 Å². The van der Waals surface area contributed by atoms with Crippen LogP contribution < -0.4 is 36.8 Å². The summed E-state index contributed by atoms with van der Waals surface area (Å²) in [6.07, 6.45) is -4.87. The smallest absolute Gasteiger partial charge is 0.497 e. The molecular formula is C20H19F3N4O5. The summed E-state index contributed by atoms with van der Waals surface area (Å²) in [5.41, 5.74) is 7.16. The summed E-state index contributed by atoms with van der Waals surface area (Å²) in [5, 5.41) is 0. The zero-order valence-electron chi connectivity index (χ0n) is 17.0. The average Bonchev–Trinajstić information content (AvgIpc) is 2.75. The number of nitrogens with zero attached hydrogens (tertiary/aromatic N) is 2. The second-order valence-electron chi connectivity index (χ2n) is 6.57. The molecule has 0 fully saturated rings. The first-order valence-corrected chi connectivity index (χ1v) is 9.10. The third kappa shape index (κ3) is 5.14. The number of rotatable bonds is 7. The van der Waals surface area contributed by atoms with E-state index in [-0.39, 0.29) is 23.8 Å². The lowest BCUT2D eigenvalue weighted by Gasteiger charge is -2.16. The Hall–Kier alpha value is -4.09. The average molecular weight is 452 g/mol. The fourth-order valence-corrected chi connectivity index (χ4v) is 2.78. The van der Waals surface area contributed by atoms with Gasteiger partial charge in [-0.25, -0.2) is 10.3 Å². The lowest BCUT2D eigenvalue weighted by Crippen LogP contribution is -2.42. The summed E-state index contributed by atoms with van der Waals surface area (Å²) in [5.74, 6) is -0.198. The summed E-state index contributed by atoms with van der Waals surface area (Å²) in [4.78, 5) is 30.7. The standard InChI is InChI=1S/C20H19F3N4O5/c1-26-17(24)16(25-32-15-5-3-4-14(10-15)31-20(21,22)23)18(28)27(19(26)29)11-12-6-8-13(30-2)9-7-12/h3-10,25H,11,24H2,1-2H3. The van der Waals surface area contributed by atoms with Gasteiger partial charge in [0.05, 0.1) is 13.7 Å². The van der Waals surface area contributed by atoms with E-state index in [1.165, 1.54) is 26.3 Å². The van der Waals surface area contributed by atoms with Crippen LogP contribution in [0.25, 0.3) is 0 Å². The van der Waals surface area contributed by atoms with Gasteiger partial charge in [-0.2, -0.15) is 0 Å². The van der Waals surface area contributed by atoms with Gasteiger partial charge in [0.15, 0.2) is 11.4 Å². The molecule has 12 heteroatoms. The van der Waals surface area contributed by atoms with Crippen LogP contribution in [0.5, 0.6) is 17.2 Å². The number of anilines is 2. The minimum atomic E-state index is -4.87. The van der Waals surface area contributed by atoms with Crippen molar-refractivity contribution in [3.05, 3.63) is 74.9 Å². The van der Waals surface area contributed by atoms with Gasteiger partial charge in [-0.3, -0.25) is 13.9 Å². The predicted octanol–water partition coefficient (Wildman–Crippen LogP) is 2.49. The maximum absolute atomic E-state index is 12.9. The number of halogens is 3. The van der Waals surface area contributed by atoms with Gasteiger partial charge in [0.2, 0.25) is 0 Å². The molecule has 0 amide bonds. The van der Waals surface area contributed by atoms with E-state index in [2.05, 4.69) is 10.2 Å². The first kappa shape index (κ1) is 22.6. The highest BCUT2D eigenvalue weighted by molar-refractivity contribution is 5.59. The fourth-order valence-electron chi connectivity index (χ4n) is 2.78. The van der Waals surface area contributed by atoms with Crippen molar-refractivity contribution in [1.82, 2.24) is 9.13 Å². The van der Waals surface area contributed by atoms with E-state index < -0.39 is 23.4 Å². The Balaban J connectivity index is 1.88. The Labute approximate surface area is 179 Å². The number of alkyl halides is 3. The highest BCUT2D eigenvalue weighted by Gasteiger charge is 2.31. The number of ether oxygens (including phenoxy) is 2. The first-order valence-electron chi connectivity index (χ1n) is 9.10. The lowest BCUT2D eigenvalue weighted by molar-refractivity contribution is -0.274. The number of aromatic nitrogens is 2. The Bertz CT molecular complexity index is 1220. The normalized spacial score (nSPS) is 11.2. The van der Waals surface area contributed by atoms with Crippen molar-refractivity contribution < 1.29 is 27.5 Å². The molecule has 0 bridgehead atoms. The van der Waals surface area contributed by atoms with Gasteiger partial charge < -0.3 is 20.0 Å². The first-order chi connectivity index (χ1) is 15.1. The monoisotopic (exact) mass is 452 g/mol. The molecule has 0 spiro atoms. The van der Waals surface area contributed by atoms with Gasteiger partial charge in [-0.15, -0.1) is 13.2 Å². The van der Waals surface area contributed by atoms with Crippen LogP contribution in [0.4, 0.5) is 24.7 Å².